The maximum absolute atomic E-state index is 13.1. The van der Waals surface area contributed by atoms with Crippen molar-refractivity contribution >= 4 is 29.2 Å². The van der Waals surface area contributed by atoms with Crippen LogP contribution in [0.15, 0.2) is 71.7 Å². The van der Waals surface area contributed by atoms with Gasteiger partial charge in [0.25, 0.3) is 0 Å². The minimum absolute atomic E-state index is 0.0758. The van der Waals surface area contributed by atoms with Crippen molar-refractivity contribution in [2.24, 2.45) is 16.8 Å². The van der Waals surface area contributed by atoms with Crippen molar-refractivity contribution < 1.29 is 9.59 Å². The third-order valence-electron chi connectivity index (χ3n) is 6.95. The fourth-order valence-electron chi connectivity index (χ4n) is 4.69. The molecular weight excluding hydrogens is 456 g/mol. The summed E-state index contributed by atoms with van der Waals surface area (Å²) in [4.78, 5) is 30.0. The molecule has 0 amide bonds. The first-order valence-corrected chi connectivity index (χ1v) is 13.6. The monoisotopic (exact) mass is 496 g/mol. The number of fused-ring (bicyclic) bond motifs is 1. The van der Waals surface area contributed by atoms with Crippen molar-refractivity contribution in [1.29, 1.82) is 0 Å². The van der Waals surface area contributed by atoms with E-state index in [0.717, 1.165) is 24.9 Å². The number of aryl methyl sites for hydroxylation is 1. The predicted octanol–water partition coefficient (Wildman–Crippen LogP) is 8.58. The van der Waals surface area contributed by atoms with Crippen LogP contribution >= 0.6 is 0 Å². The van der Waals surface area contributed by atoms with Crippen LogP contribution in [0, 0.1) is 11.8 Å². The van der Waals surface area contributed by atoms with E-state index in [2.05, 4.69) is 65.8 Å². The lowest BCUT2D eigenvalue weighted by Crippen LogP contribution is -2.17. The molecule has 4 nitrogen and oxygen atoms in total. The Morgan fingerprint density at radius 1 is 1.03 bits per heavy atom. The Labute approximate surface area is 222 Å². The van der Waals surface area contributed by atoms with E-state index in [-0.39, 0.29) is 17.5 Å². The molecule has 0 saturated carbocycles. The summed E-state index contributed by atoms with van der Waals surface area (Å²) in [5.74, 6) is 0.558. The number of carbonyl (C=O) groups excluding carboxylic acids is 2. The molecule has 0 radical (unpaired) electrons. The highest BCUT2D eigenvalue weighted by molar-refractivity contribution is 6.06. The van der Waals surface area contributed by atoms with E-state index in [9.17, 15) is 9.59 Å². The largest absolute Gasteiger partial charge is 0.388 e. The lowest BCUT2D eigenvalue weighted by atomic mass is 9.85. The standard InChI is InChI=1S/C31H34N2O2.C2H6/c1-4-7-30(34)25-14-15-29-28(18-25)31(35)19-26(20-33-29)21(2)12-13-22-8-5-9-23(16-22)24-10-6-11-27(17-24)32-3;1-2/h5-6,8-11,14-18,20-21,26,32H,4,7,12-13,19H2,1-3H3;1-2H3. The molecule has 37 heavy (non-hydrogen) atoms. The highest BCUT2D eigenvalue weighted by Crippen LogP contribution is 2.31. The Bertz CT molecular complexity index is 1240. The summed E-state index contributed by atoms with van der Waals surface area (Å²) in [5, 5.41) is 3.20. The molecule has 1 aliphatic heterocycles. The van der Waals surface area contributed by atoms with E-state index in [4.69, 9.17) is 0 Å². The van der Waals surface area contributed by atoms with E-state index in [1.54, 1.807) is 12.1 Å². The van der Waals surface area contributed by atoms with Gasteiger partial charge in [0.15, 0.2) is 11.6 Å². The molecule has 0 bridgehead atoms. The quantitative estimate of drug-likeness (QED) is 0.302. The summed E-state index contributed by atoms with van der Waals surface area (Å²) < 4.78 is 0. The maximum atomic E-state index is 13.1. The summed E-state index contributed by atoms with van der Waals surface area (Å²) in [6, 6.07) is 22.5. The number of rotatable bonds is 9. The van der Waals surface area contributed by atoms with E-state index >= 15 is 0 Å². The Hall–Kier alpha value is -3.53. The Kier molecular flexibility index (Phi) is 10.4. The molecule has 3 aromatic rings. The zero-order valence-electron chi connectivity index (χ0n) is 22.9. The lowest BCUT2D eigenvalue weighted by molar-refractivity contribution is 0.0964. The second-order valence-electron chi connectivity index (χ2n) is 9.52. The zero-order chi connectivity index (χ0) is 26.8. The number of anilines is 1. The Morgan fingerprint density at radius 2 is 1.76 bits per heavy atom. The van der Waals surface area contributed by atoms with Crippen molar-refractivity contribution in [1.82, 2.24) is 0 Å². The number of nitrogens with zero attached hydrogens (tertiary/aromatic N) is 1. The molecule has 194 valence electrons. The molecule has 0 fully saturated rings. The first kappa shape index (κ1) is 28.0. The maximum Gasteiger partial charge on any atom is 0.165 e. The van der Waals surface area contributed by atoms with Crippen LogP contribution in [0.2, 0.25) is 0 Å². The minimum Gasteiger partial charge on any atom is -0.388 e. The van der Waals surface area contributed by atoms with E-state index in [0.29, 0.717) is 35.6 Å². The van der Waals surface area contributed by atoms with Crippen molar-refractivity contribution in [2.45, 2.75) is 59.8 Å². The molecule has 2 unspecified atom stereocenters. The highest BCUT2D eigenvalue weighted by atomic mass is 16.1. The lowest BCUT2D eigenvalue weighted by Gasteiger charge is -2.19. The van der Waals surface area contributed by atoms with Gasteiger partial charge >= 0.3 is 0 Å². The highest BCUT2D eigenvalue weighted by Gasteiger charge is 2.25. The average Bonchev–Trinajstić information content (AvgIpc) is 3.11. The topological polar surface area (TPSA) is 58.5 Å². The molecule has 3 aromatic carbocycles. The SMILES string of the molecule is CC.CCCC(=O)c1ccc2c(c1)C(=O)CC(C(C)CCc1cccc(-c3cccc(NC)c3)c1)C=N2. The van der Waals surface area contributed by atoms with Gasteiger partial charge in [-0.3, -0.25) is 14.6 Å². The molecule has 0 saturated heterocycles. The molecule has 1 N–H and O–H groups in total. The first-order valence-electron chi connectivity index (χ1n) is 13.6. The second kappa shape index (κ2) is 13.7. The van der Waals surface area contributed by atoms with Crippen LogP contribution < -0.4 is 5.32 Å². The molecule has 0 aliphatic carbocycles. The van der Waals surface area contributed by atoms with Crippen LogP contribution in [0.3, 0.4) is 0 Å². The fourth-order valence-corrected chi connectivity index (χ4v) is 4.69. The molecule has 2 atom stereocenters. The average molecular weight is 497 g/mol. The number of hydrogen-bond acceptors (Lipinski definition) is 4. The number of nitrogens with one attached hydrogen (secondary N) is 1. The fraction of sp³-hybridized carbons (Fsp3) is 0.364. The van der Waals surface area contributed by atoms with Crippen LogP contribution in [0.5, 0.6) is 0 Å². The second-order valence-corrected chi connectivity index (χ2v) is 9.52. The van der Waals surface area contributed by atoms with Gasteiger partial charge in [0, 0.05) is 48.8 Å². The number of ketones is 2. The molecule has 0 aromatic heterocycles. The van der Waals surface area contributed by atoms with Crippen molar-refractivity contribution in [3.8, 4) is 11.1 Å². The molecule has 4 heteroatoms. The van der Waals surface area contributed by atoms with E-state index in [1.807, 2.05) is 40.1 Å². The smallest absolute Gasteiger partial charge is 0.165 e. The molecule has 0 spiro atoms. The zero-order valence-corrected chi connectivity index (χ0v) is 22.9. The van der Waals surface area contributed by atoms with Crippen LogP contribution in [-0.4, -0.2) is 24.8 Å². The van der Waals surface area contributed by atoms with Gasteiger partial charge < -0.3 is 5.32 Å². The Balaban J connectivity index is 0.00000186. The van der Waals surface area contributed by atoms with Crippen LogP contribution in [0.25, 0.3) is 11.1 Å². The first-order chi connectivity index (χ1) is 18.0. The third kappa shape index (κ3) is 7.25. The van der Waals surface area contributed by atoms with Gasteiger partial charge in [-0.05, 0) is 72.2 Å². The summed E-state index contributed by atoms with van der Waals surface area (Å²) in [5.41, 5.74) is 6.67. The molecule has 1 aliphatic rings. The van der Waals surface area contributed by atoms with Gasteiger partial charge in [-0.2, -0.15) is 0 Å². The van der Waals surface area contributed by atoms with Crippen molar-refractivity contribution in [2.75, 3.05) is 12.4 Å². The van der Waals surface area contributed by atoms with E-state index in [1.165, 1.54) is 16.7 Å². The Morgan fingerprint density at radius 3 is 2.49 bits per heavy atom. The van der Waals surface area contributed by atoms with Gasteiger partial charge in [0.05, 0.1) is 5.69 Å². The predicted molar refractivity (Wildman–Crippen MR) is 157 cm³/mol. The minimum atomic E-state index is 0.0758. The van der Waals surface area contributed by atoms with Crippen molar-refractivity contribution in [3.05, 3.63) is 83.4 Å². The van der Waals surface area contributed by atoms with Crippen LogP contribution in [-0.2, 0) is 6.42 Å². The number of aliphatic imine (C=N–C) groups is 1. The van der Waals surface area contributed by atoms with Gasteiger partial charge in [-0.25, -0.2) is 0 Å². The number of Topliss-reactive ketones (excluding diaryl/α,β-unsaturated/α-hetero) is 2. The van der Waals surface area contributed by atoms with Crippen molar-refractivity contribution in [3.63, 3.8) is 0 Å². The molecular formula is C33H40N2O2. The number of hydrogen-bond donors (Lipinski definition) is 1. The summed E-state index contributed by atoms with van der Waals surface area (Å²) in [6.45, 7) is 8.19. The number of benzene rings is 3. The third-order valence-corrected chi connectivity index (χ3v) is 6.95. The van der Waals surface area contributed by atoms with Crippen LogP contribution in [0.4, 0.5) is 11.4 Å². The number of carbonyl (C=O) groups is 2. The van der Waals surface area contributed by atoms with Crippen LogP contribution in [0.1, 0.15) is 79.7 Å². The van der Waals surface area contributed by atoms with Gasteiger partial charge in [-0.1, -0.05) is 64.1 Å². The molecule has 4 rings (SSSR count). The van der Waals surface area contributed by atoms with Gasteiger partial charge in [0.2, 0.25) is 0 Å². The summed E-state index contributed by atoms with van der Waals surface area (Å²) >= 11 is 0. The molecule has 1 heterocycles. The summed E-state index contributed by atoms with van der Waals surface area (Å²) in [6.07, 6.45) is 5.59. The summed E-state index contributed by atoms with van der Waals surface area (Å²) in [7, 11) is 1.93. The van der Waals surface area contributed by atoms with Gasteiger partial charge in [0.1, 0.15) is 0 Å². The normalized spacial score (nSPS) is 15.2. The van der Waals surface area contributed by atoms with E-state index < -0.39 is 0 Å². The van der Waals surface area contributed by atoms with Gasteiger partial charge in [-0.15, -0.1) is 0 Å².